The van der Waals surface area contributed by atoms with E-state index in [9.17, 15) is 0 Å². The molecule has 0 radical (unpaired) electrons. The third-order valence-electron chi connectivity index (χ3n) is 3.31. The number of nitrogens with one attached hydrogen (secondary N) is 1. The van der Waals surface area contributed by atoms with Crippen molar-refractivity contribution in [2.45, 2.75) is 33.2 Å². The summed E-state index contributed by atoms with van der Waals surface area (Å²) in [5.74, 6) is 5.64. The van der Waals surface area contributed by atoms with Crippen LogP contribution >= 0.6 is 0 Å². The third-order valence-corrected chi connectivity index (χ3v) is 3.31. The molecular formula is C14H25N3. The molecule has 0 aliphatic rings. The van der Waals surface area contributed by atoms with Crippen LogP contribution in [0.5, 0.6) is 0 Å². The van der Waals surface area contributed by atoms with E-state index in [0.29, 0.717) is 0 Å². The normalized spacial score (nSPS) is 13.0. The first kappa shape index (κ1) is 14.2. The molecule has 17 heavy (non-hydrogen) atoms. The molecule has 0 amide bonds. The van der Waals surface area contributed by atoms with Crippen LogP contribution < -0.4 is 11.3 Å². The first-order valence-corrected chi connectivity index (χ1v) is 6.46. The second-order valence-electron chi connectivity index (χ2n) is 4.45. The maximum Gasteiger partial charge on any atom is 0.0472 e. The molecule has 3 heteroatoms. The molecule has 1 atom stereocenters. The predicted octanol–water partition coefficient (Wildman–Crippen LogP) is 2.23. The van der Waals surface area contributed by atoms with Crippen LogP contribution in [0.3, 0.4) is 0 Å². The molecular weight excluding hydrogens is 210 g/mol. The van der Waals surface area contributed by atoms with Gasteiger partial charge < -0.3 is 4.90 Å². The van der Waals surface area contributed by atoms with Crippen molar-refractivity contribution in [1.29, 1.82) is 0 Å². The minimum Gasteiger partial charge on any atom is -0.304 e. The van der Waals surface area contributed by atoms with E-state index in [-0.39, 0.29) is 6.04 Å². The number of benzene rings is 1. The third kappa shape index (κ3) is 4.46. The van der Waals surface area contributed by atoms with E-state index >= 15 is 0 Å². The zero-order valence-electron chi connectivity index (χ0n) is 11.2. The van der Waals surface area contributed by atoms with Crippen LogP contribution in [-0.2, 0) is 0 Å². The van der Waals surface area contributed by atoms with E-state index in [4.69, 9.17) is 5.84 Å². The monoisotopic (exact) mass is 235 g/mol. The van der Waals surface area contributed by atoms with E-state index in [1.54, 1.807) is 0 Å². The number of nitrogens with two attached hydrogens (primary N) is 1. The van der Waals surface area contributed by atoms with Crippen LogP contribution in [0.15, 0.2) is 24.3 Å². The molecule has 3 nitrogen and oxygen atoms in total. The van der Waals surface area contributed by atoms with Gasteiger partial charge in [0.1, 0.15) is 0 Å². The molecule has 0 heterocycles. The van der Waals surface area contributed by atoms with E-state index in [1.165, 1.54) is 11.1 Å². The summed E-state index contributed by atoms with van der Waals surface area (Å²) in [7, 11) is 0. The van der Waals surface area contributed by atoms with E-state index in [1.807, 2.05) is 0 Å². The molecule has 1 unspecified atom stereocenters. The van der Waals surface area contributed by atoms with Gasteiger partial charge in [-0.2, -0.15) is 0 Å². The second-order valence-corrected chi connectivity index (χ2v) is 4.45. The molecule has 1 aromatic carbocycles. The van der Waals surface area contributed by atoms with Gasteiger partial charge in [-0.3, -0.25) is 11.3 Å². The molecule has 0 saturated carbocycles. The average molecular weight is 235 g/mol. The highest BCUT2D eigenvalue weighted by Crippen LogP contribution is 2.16. The molecule has 0 saturated heterocycles. The number of nitrogens with zero attached hydrogens (tertiary/aromatic N) is 1. The summed E-state index contributed by atoms with van der Waals surface area (Å²) in [4.78, 5) is 2.42. The Hall–Kier alpha value is -0.900. The van der Waals surface area contributed by atoms with Gasteiger partial charge >= 0.3 is 0 Å². The summed E-state index contributed by atoms with van der Waals surface area (Å²) >= 11 is 0. The fourth-order valence-corrected chi connectivity index (χ4v) is 2.00. The molecule has 1 rings (SSSR count). The molecule has 1 aromatic rings. The minimum absolute atomic E-state index is 0.246. The Bertz CT molecular complexity index is 304. The molecule has 96 valence electrons. The second kappa shape index (κ2) is 7.43. The van der Waals surface area contributed by atoms with Crippen LogP contribution in [0.2, 0.25) is 0 Å². The van der Waals surface area contributed by atoms with Crippen molar-refractivity contribution in [3.05, 3.63) is 35.4 Å². The summed E-state index contributed by atoms with van der Waals surface area (Å²) in [6.07, 6.45) is 1.04. The van der Waals surface area contributed by atoms with Crippen molar-refractivity contribution < 1.29 is 0 Å². The van der Waals surface area contributed by atoms with E-state index < -0.39 is 0 Å². The number of rotatable bonds is 7. The summed E-state index contributed by atoms with van der Waals surface area (Å²) in [6, 6.07) is 8.83. The molecule has 0 fully saturated rings. The molecule has 3 N–H and O–H groups in total. The Balaban J connectivity index is 2.56. The van der Waals surface area contributed by atoms with E-state index in [0.717, 1.165) is 26.1 Å². The fourth-order valence-electron chi connectivity index (χ4n) is 2.00. The number of aryl methyl sites for hydroxylation is 1. The topological polar surface area (TPSA) is 41.3 Å². The Morgan fingerprint density at radius 2 is 1.76 bits per heavy atom. The SMILES string of the molecule is CCN(CC)CCC(NN)c1ccc(C)cc1. The zero-order chi connectivity index (χ0) is 12.7. The van der Waals surface area contributed by atoms with Gasteiger partial charge in [-0.05, 0) is 38.5 Å². The van der Waals surface area contributed by atoms with Gasteiger partial charge in [0.15, 0.2) is 0 Å². The predicted molar refractivity (Wildman–Crippen MR) is 73.6 cm³/mol. The molecule has 0 aromatic heterocycles. The summed E-state index contributed by atoms with van der Waals surface area (Å²) in [6.45, 7) is 9.77. The molecule has 0 aliphatic heterocycles. The molecule has 0 spiro atoms. The van der Waals surface area contributed by atoms with Crippen molar-refractivity contribution in [3.8, 4) is 0 Å². The lowest BCUT2D eigenvalue weighted by Crippen LogP contribution is -2.32. The lowest BCUT2D eigenvalue weighted by molar-refractivity contribution is 0.282. The number of hydrogen-bond acceptors (Lipinski definition) is 3. The van der Waals surface area contributed by atoms with Gasteiger partial charge in [-0.25, -0.2) is 0 Å². The summed E-state index contributed by atoms with van der Waals surface area (Å²) < 4.78 is 0. The highest BCUT2D eigenvalue weighted by Gasteiger charge is 2.10. The zero-order valence-corrected chi connectivity index (χ0v) is 11.2. The van der Waals surface area contributed by atoms with Gasteiger partial charge in [0.25, 0.3) is 0 Å². The Morgan fingerprint density at radius 3 is 2.24 bits per heavy atom. The summed E-state index contributed by atoms with van der Waals surface area (Å²) in [5.41, 5.74) is 5.47. The summed E-state index contributed by atoms with van der Waals surface area (Å²) in [5, 5.41) is 0. The molecule has 0 bridgehead atoms. The van der Waals surface area contributed by atoms with Crippen LogP contribution in [0.25, 0.3) is 0 Å². The van der Waals surface area contributed by atoms with Crippen LogP contribution in [-0.4, -0.2) is 24.5 Å². The Labute approximate surface area is 105 Å². The van der Waals surface area contributed by atoms with Crippen LogP contribution in [0.4, 0.5) is 0 Å². The van der Waals surface area contributed by atoms with Gasteiger partial charge in [-0.1, -0.05) is 43.7 Å². The Kier molecular flexibility index (Phi) is 6.19. The maximum atomic E-state index is 5.64. The van der Waals surface area contributed by atoms with Crippen molar-refractivity contribution in [1.82, 2.24) is 10.3 Å². The van der Waals surface area contributed by atoms with Crippen molar-refractivity contribution in [2.75, 3.05) is 19.6 Å². The molecule has 0 aliphatic carbocycles. The largest absolute Gasteiger partial charge is 0.304 e. The average Bonchev–Trinajstić information content (AvgIpc) is 2.36. The number of hydrogen-bond donors (Lipinski definition) is 2. The smallest absolute Gasteiger partial charge is 0.0472 e. The Morgan fingerprint density at radius 1 is 1.18 bits per heavy atom. The highest BCUT2D eigenvalue weighted by molar-refractivity contribution is 5.23. The number of hydrazine groups is 1. The van der Waals surface area contributed by atoms with E-state index in [2.05, 4.69) is 55.4 Å². The first-order valence-electron chi connectivity index (χ1n) is 6.46. The quantitative estimate of drug-likeness (QED) is 0.562. The fraction of sp³-hybridized carbons (Fsp3) is 0.571. The van der Waals surface area contributed by atoms with Gasteiger partial charge in [0.05, 0.1) is 0 Å². The van der Waals surface area contributed by atoms with Crippen molar-refractivity contribution in [3.63, 3.8) is 0 Å². The van der Waals surface area contributed by atoms with Gasteiger partial charge in [0, 0.05) is 6.04 Å². The maximum absolute atomic E-state index is 5.64. The van der Waals surface area contributed by atoms with Crippen LogP contribution in [0.1, 0.15) is 37.4 Å². The standard InChI is InChI=1S/C14H25N3/c1-4-17(5-2)11-10-14(16-15)13-8-6-12(3)7-9-13/h6-9,14,16H,4-5,10-11,15H2,1-3H3. The lowest BCUT2D eigenvalue weighted by Gasteiger charge is -2.22. The van der Waals surface area contributed by atoms with Gasteiger partial charge in [0.2, 0.25) is 0 Å². The van der Waals surface area contributed by atoms with Crippen molar-refractivity contribution in [2.24, 2.45) is 5.84 Å². The first-order chi connectivity index (χ1) is 8.21. The van der Waals surface area contributed by atoms with Crippen molar-refractivity contribution >= 4 is 0 Å². The van der Waals surface area contributed by atoms with Crippen LogP contribution in [0, 0.1) is 6.92 Å². The lowest BCUT2D eigenvalue weighted by atomic mass is 10.0. The minimum atomic E-state index is 0.246. The highest BCUT2D eigenvalue weighted by atomic mass is 15.2. The van der Waals surface area contributed by atoms with Gasteiger partial charge in [-0.15, -0.1) is 0 Å².